The van der Waals surface area contributed by atoms with Gasteiger partial charge in [-0.15, -0.1) is 0 Å². The van der Waals surface area contributed by atoms with E-state index in [1.807, 2.05) is 24.3 Å². The molecule has 9 nitrogen and oxygen atoms in total. The van der Waals surface area contributed by atoms with E-state index in [1.165, 1.54) is 12.1 Å². The Labute approximate surface area is 183 Å². The molecule has 1 N–H and O–H groups in total. The molecule has 0 aliphatic carbocycles. The highest BCUT2D eigenvalue weighted by molar-refractivity contribution is 5.99. The topological polar surface area (TPSA) is 121 Å². The molecule has 9 heteroatoms. The Morgan fingerprint density at radius 2 is 1.72 bits per heavy atom. The largest absolute Gasteiger partial charge is 0.462 e. The quantitative estimate of drug-likeness (QED) is 0.330. The van der Waals surface area contributed by atoms with Crippen LogP contribution in [0.5, 0.6) is 0 Å². The highest BCUT2D eigenvalue weighted by Crippen LogP contribution is 2.18. The number of nitro groups is 1. The monoisotopic (exact) mass is 435 g/mol. The number of aromatic nitrogens is 1. The van der Waals surface area contributed by atoms with E-state index in [4.69, 9.17) is 4.74 Å². The first-order valence-electron chi connectivity index (χ1n) is 9.85. The first kappa shape index (κ1) is 22.4. The van der Waals surface area contributed by atoms with Crippen molar-refractivity contribution in [2.75, 3.05) is 6.61 Å². The van der Waals surface area contributed by atoms with Crippen LogP contribution >= 0.6 is 0 Å². The fourth-order valence-electron chi connectivity index (χ4n) is 3.01. The molecule has 0 atom stereocenters. The lowest BCUT2D eigenvalue weighted by Crippen LogP contribution is -2.23. The Morgan fingerprint density at radius 3 is 2.38 bits per heavy atom. The molecule has 2 aromatic carbocycles. The number of esters is 1. The van der Waals surface area contributed by atoms with Gasteiger partial charge in [-0.1, -0.05) is 30.3 Å². The Morgan fingerprint density at radius 1 is 1.03 bits per heavy atom. The predicted octanol–water partition coefficient (Wildman–Crippen LogP) is 2.91. The summed E-state index contributed by atoms with van der Waals surface area (Å²) in [6, 6.07) is 15.8. The van der Waals surface area contributed by atoms with Gasteiger partial charge in [-0.25, -0.2) is 4.79 Å². The lowest BCUT2D eigenvalue weighted by molar-refractivity contribution is -0.384. The van der Waals surface area contributed by atoms with Crippen LogP contribution in [0, 0.1) is 10.1 Å². The zero-order valence-electron chi connectivity index (χ0n) is 17.3. The summed E-state index contributed by atoms with van der Waals surface area (Å²) in [5.41, 5.74) is 1.18. The maximum atomic E-state index is 12.5. The van der Waals surface area contributed by atoms with E-state index < -0.39 is 16.8 Å². The molecular weight excluding hydrogens is 414 g/mol. The van der Waals surface area contributed by atoms with Gasteiger partial charge in [0.25, 0.3) is 17.2 Å². The summed E-state index contributed by atoms with van der Waals surface area (Å²) >= 11 is 0. The van der Waals surface area contributed by atoms with Gasteiger partial charge in [0.15, 0.2) is 0 Å². The minimum Gasteiger partial charge on any atom is -0.462 e. The van der Waals surface area contributed by atoms with Gasteiger partial charge in [0.05, 0.1) is 23.6 Å². The van der Waals surface area contributed by atoms with Crippen molar-refractivity contribution in [3.8, 4) is 0 Å². The van der Waals surface area contributed by atoms with E-state index in [-0.39, 0.29) is 35.5 Å². The Hall–Kier alpha value is -4.27. The molecule has 1 aromatic heterocycles. The molecule has 0 bridgehead atoms. The summed E-state index contributed by atoms with van der Waals surface area (Å²) in [6.45, 7) is 2.34. The van der Waals surface area contributed by atoms with Gasteiger partial charge in [-0.2, -0.15) is 0 Å². The zero-order valence-corrected chi connectivity index (χ0v) is 17.3. The average molecular weight is 435 g/mol. The summed E-state index contributed by atoms with van der Waals surface area (Å²) in [5, 5.41) is 13.9. The number of hydrogen-bond donors (Lipinski definition) is 1. The van der Waals surface area contributed by atoms with Gasteiger partial charge < -0.3 is 14.6 Å². The standard InChI is InChI=1S/C23H21N3O6/c1-2-32-23(29)19-11-18(12-20(13-19)26(30)31)22(28)24-14-16-6-8-17(9-7-16)15-25-10-4-3-5-21(25)27/h3-13H,2,14-15H2,1H3,(H,24,28). The van der Waals surface area contributed by atoms with E-state index in [0.29, 0.717) is 6.54 Å². The van der Waals surface area contributed by atoms with Crippen molar-refractivity contribution in [1.29, 1.82) is 0 Å². The normalized spacial score (nSPS) is 10.4. The van der Waals surface area contributed by atoms with Gasteiger partial charge in [-0.05, 0) is 30.2 Å². The number of nitrogens with zero attached hydrogens (tertiary/aromatic N) is 2. The van der Waals surface area contributed by atoms with Crippen molar-refractivity contribution in [3.05, 3.63) is 110 Å². The summed E-state index contributed by atoms with van der Waals surface area (Å²) in [5.74, 6) is -1.29. The molecule has 1 amide bonds. The van der Waals surface area contributed by atoms with E-state index >= 15 is 0 Å². The second-order valence-corrected chi connectivity index (χ2v) is 6.91. The molecule has 0 spiro atoms. The minimum absolute atomic E-state index is 0.0117. The van der Waals surface area contributed by atoms with Crippen LogP contribution in [0.15, 0.2) is 71.7 Å². The number of pyridine rings is 1. The Balaban J connectivity index is 1.68. The first-order valence-corrected chi connectivity index (χ1v) is 9.85. The molecule has 32 heavy (non-hydrogen) atoms. The second kappa shape index (κ2) is 10.2. The SMILES string of the molecule is CCOC(=O)c1cc(C(=O)NCc2ccc(Cn3ccccc3=O)cc2)cc([N+](=O)[O-])c1. The minimum atomic E-state index is -0.738. The number of nitrogens with one attached hydrogen (secondary N) is 1. The zero-order chi connectivity index (χ0) is 23.1. The smallest absolute Gasteiger partial charge is 0.338 e. The summed E-state index contributed by atoms with van der Waals surface area (Å²) in [4.78, 5) is 46.8. The van der Waals surface area contributed by atoms with Crippen molar-refractivity contribution in [2.24, 2.45) is 0 Å². The number of hydrogen-bond acceptors (Lipinski definition) is 6. The van der Waals surface area contributed by atoms with Crippen molar-refractivity contribution < 1.29 is 19.2 Å². The molecular formula is C23H21N3O6. The molecule has 0 radical (unpaired) electrons. The lowest BCUT2D eigenvalue weighted by atomic mass is 10.1. The van der Waals surface area contributed by atoms with Gasteiger partial charge in [0.1, 0.15) is 0 Å². The van der Waals surface area contributed by atoms with Crippen LogP contribution < -0.4 is 10.9 Å². The number of rotatable bonds is 8. The van der Waals surface area contributed by atoms with Gasteiger partial charge >= 0.3 is 5.97 Å². The summed E-state index contributed by atoms with van der Waals surface area (Å²) in [7, 11) is 0. The molecule has 3 rings (SSSR count). The van der Waals surface area contributed by atoms with Crippen LogP contribution in [-0.2, 0) is 17.8 Å². The van der Waals surface area contributed by atoms with Crippen LogP contribution in [0.25, 0.3) is 0 Å². The van der Waals surface area contributed by atoms with E-state index in [1.54, 1.807) is 29.8 Å². The van der Waals surface area contributed by atoms with Crippen molar-refractivity contribution in [3.63, 3.8) is 0 Å². The van der Waals surface area contributed by atoms with Crippen molar-refractivity contribution in [1.82, 2.24) is 9.88 Å². The second-order valence-electron chi connectivity index (χ2n) is 6.91. The fraction of sp³-hybridized carbons (Fsp3) is 0.174. The average Bonchev–Trinajstić information content (AvgIpc) is 2.79. The van der Waals surface area contributed by atoms with Crippen LogP contribution in [0.4, 0.5) is 5.69 Å². The molecule has 0 fully saturated rings. The van der Waals surface area contributed by atoms with Crippen LogP contribution in [-0.4, -0.2) is 28.0 Å². The van der Waals surface area contributed by atoms with Crippen molar-refractivity contribution >= 4 is 17.6 Å². The number of non-ortho nitro benzene ring substituents is 1. The van der Waals surface area contributed by atoms with Crippen LogP contribution in [0.2, 0.25) is 0 Å². The highest BCUT2D eigenvalue weighted by Gasteiger charge is 2.18. The molecule has 3 aromatic rings. The van der Waals surface area contributed by atoms with E-state index in [9.17, 15) is 24.5 Å². The lowest BCUT2D eigenvalue weighted by Gasteiger charge is -2.09. The molecule has 0 saturated carbocycles. The van der Waals surface area contributed by atoms with Crippen molar-refractivity contribution in [2.45, 2.75) is 20.0 Å². The molecule has 0 unspecified atom stereocenters. The predicted molar refractivity (Wildman–Crippen MR) is 116 cm³/mol. The Bertz CT molecular complexity index is 1200. The van der Waals surface area contributed by atoms with Crippen LogP contribution in [0.3, 0.4) is 0 Å². The maximum Gasteiger partial charge on any atom is 0.338 e. The molecule has 0 saturated heterocycles. The highest BCUT2D eigenvalue weighted by atomic mass is 16.6. The molecule has 0 aliphatic rings. The summed E-state index contributed by atoms with van der Waals surface area (Å²) < 4.78 is 6.46. The first-order chi connectivity index (χ1) is 15.4. The molecule has 164 valence electrons. The number of nitro benzene ring substituents is 1. The third kappa shape index (κ3) is 5.66. The number of carbonyl (C=O) groups excluding carboxylic acids is 2. The van der Waals surface area contributed by atoms with E-state index in [0.717, 1.165) is 23.3 Å². The third-order valence-electron chi connectivity index (χ3n) is 4.63. The number of amides is 1. The fourth-order valence-corrected chi connectivity index (χ4v) is 3.01. The van der Waals surface area contributed by atoms with Gasteiger partial charge in [-0.3, -0.25) is 19.7 Å². The van der Waals surface area contributed by atoms with Gasteiger partial charge in [0, 0.05) is 36.5 Å². The van der Waals surface area contributed by atoms with Crippen LogP contribution in [0.1, 0.15) is 38.8 Å². The molecule has 1 heterocycles. The maximum absolute atomic E-state index is 12.5. The molecule has 0 aliphatic heterocycles. The Kier molecular flexibility index (Phi) is 7.12. The number of ether oxygens (including phenoxy) is 1. The number of benzene rings is 2. The number of carbonyl (C=O) groups is 2. The van der Waals surface area contributed by atoms with Gasteiger partial charge in [0.2, 0.25) is 0 Å². The third-order valence-corrected chi connectivity index (χ3v) is 4.63. The van der Waals surface area contributed by atoms with E-state index in [2.05, 4.69) is 5.32 Å². The summed E-state index contributed by atoms with van der Waals surface area (Å²) in [6.07, 6.45) is 1.71.